The van der Waals surface area contributed by atoms with Crippen LogP contribution in [-0.4, -0.2) is 41.3 Å². The van der Waals surface area contributed by atoms with E-state index in [1.54, 1.807) is 17.4 Å². The van der Waals surface area contributed by atoms with E-state index < -0.39 is 5.97 Å². The number of morpholine rings is 1. The molecule has 1 saturated heterocycles. The number of fused-ring (bicyclic) bond motifs is 1. The molecule has 0 aromatic carbocycles. The Morgan fingerprint density at radius 3 is 3.19 bits per heavy atom. The van der Waals surface area contributed by atoms with Crippen molar-refractivity contribution in [1.82, 2.24) is 4.90 Å². The zero-order valence-electron chi connectivity index (χ0n) is 12.0. The van der Waals surface area contributed by atoms with Gasteiger partial charge in [-0.25, -0.2) is 4.79 Å². The first-order chi connectivity index (χ1) is 10.2. The molecule has 2 heterocycles. The maximum absolute atomic E-state index is 10.7. The molecular formula is C16H21NO3S. The quantitative estimate of drug-likeness (QED) is 0.869. The minimum Gasteiger partial charge on any atom is -0.478 e. The second kappa shape index (κ2) is 6.73. The van der Waals surface area contributed by atoms with Crippen molar-refractivity contribution >= 4 is 23.4 Å². The van der Waals surface area contributed by atoms with Gasteiger partial charge in [-0.1, -0.05) is 12.8 Å². The van der Waals surface area contributed by atoms with Crippen molar-refractivity contribution in [3.8, 4) is 0 Å². The SMILES string of the molecule is O=C(O)C=Cc1ccsc1CN1CCOC2CCCCC21. The molecule has 1 N–H and O–H groups in total. The Morgan fingerprint density at radius 2 is 2.33 bits per heavy atom. The van der Waals surface area contributed by atoms with E-state index in [1.165, 1.54) is 36.6 Å². The fourth-order valence-electron chi connectivity index (χ4n) is 3.35. The van der Waals surface area contributed by atoms with Gasteiger partial charge in [0.1, 0.15) is 0 Å². The molecule has 0 bridgehead atoms. The smallest absolute Gasteiger partial charge is 0.328 e. The summed E-state index contributed by atoms with van der Waals surface area (Å²) >= 11 is 1.71. The van der Waals surface area contributed by atoms with Gasteiger partial charge in [0.25, 0.3) is 0 Å². The van der Waals surface area contributed by atoms with Crippen LogP contribution >= 0.6 is 11.3 Å². The van der Waals surface area contributed by atoms with Crippen molar-refractivity contribution in [3.05, 3.63) is 28.0 Å². The van der Waals surface area contributed by atoms with E-state index in [0.29, 0.717) is 12.1 Å². The second-order valence-electron chi connectivity index (χ2n) is 5.70. The van der Waals surface area contributed by atoms with Crippen LogP contribution in [-0.2, 0) is 16.1 Å². The van der Waals surface area contributed by atoms with E-state index in [0.717, 1.165) is 25.3 Å². The molecular weight excluding hydrogens is 286 g/mol. The van der Waals surface area contributed by atoms with Gasteiger partial charge < -0.3 is 9.84 Å². The molecule has 21 heavy (non-hydrogen) atoms. The van der Waals surface area contributed by atoms with Gasteiger partial charge in [-0.3, -0.25) is 4.90 Å². The molecule has 4 nitrogen and oxygen atoms in total. The van der Waals surface area contributed by atoms with E-state index >= 15 is 0 Å². The monoisotopic (exact) mass is 307 g/mol. The highest BCUT2D eigenvalue weighted by atomic mass is 32.1. The predicted octanol–water partition coefficient (Wildman–Crippen LogP) is 2.99. The van der Waals surface area contributed by atoms with Gasteiger partial charge in [0.05, 0.1) is 12.7 Å². The first-order valence-electron chi connectivity index (χ1n) is 7.57. The molecule has 3 rings (SSSR count). The molecule has 5 heteroatoms. The zero-order chi connectivity index (χ0) is 14.7. The maximum Gasteiger partial charge on any atom is 0.328 e. The highest BCUT2D eigenvalue weighted by molar-refractivity contribution is 7.10. The number of carboxylic acid groups (broad SMARTS) is 1. The largest absolute Gasteiger partial charge is 0.478 e. The maximum atomic E-state index is 10.7. The Hall–Kier alpha value is -1.17. The first-order valence-corrected chi connectivity index (χ1v) is 8.45. The standard InChI is InChI=1S/C16H21NO3S/c18-16(19)6-5-12-7-10-21-15(12)11-17-8-9-20-14-4-2-1-3-13(14)17/h5-7,10,13-14H,1-4,8-9,11H2,(H,18,19). The number of rotatable bonds is 4. The van der Waals surface area contributed by atoms with Crippen LogP contribution in [0.3, 0.4) is 0 Å². The van der Waals surface area contributed by atoms with E-state index in [9.17, 15) is 4.79 Å². The molecule has 1 aromatic rings. The summed E-state index contributed by atoms with van der Waals surface area (Å²) in [6.07, 6.45) is 8.28. The second-order valence-corrected chi connectivity index (χ2v) is 6.70. The van der Waals surface area contributed by atoms with E-state index in [4.69, 9.17) is 9.84 Å². The summed E-state index contributed by atoms with van der Waals surface area (Å²) in [5.41, 5.74) is 1.03. The Kier molecular flexibility index (Phi) is 4.73. The number of ether oxygens (including phenoxy) is 1. The average Bonchev–Trinajstić information content (AvgIpc) is 2.93. The van der Waals surface area contributed by atoms with E-state index in [-0.39, 0.29) is 0 Å². The molecule has 2 aliphatic rings. The fourth-order valence-corrected chi connectivity index (χ4v) is 4.24. The topological polar surface area (TPSA) is 49.8 Å². The summed E-state index contributed by atoms with van der Waals surface area (Å²) in [6.45, 7) is 2.69. The summed E-state index contributed by atoms with van der Waals surface area (Å²) in [5.74, 6) is -0.897. The lowest BCUT2D eigenvalue weighted by atomic mass is 9.90. The molecule has 2 fully saturated rings. The molecule has 1 saturated carbocycles. The third kappa shape index (κ3) is 3.54. The lowest BCUT2D eigenvalue weighted by Crippen LogP contribution is -2.52. The van der Waals surface area contributed by atoms with E-state index in [1.807, 2.05) is 11.4 Å². The highest BCUT2D eigenvalue weighted by Gasteiger charge is 2.34. The third-order valence-corrected chi connectivity index (χ3v) is 5.30. The Labute approximate surface area is 129 Å². The van der Waals surface area contributed by atoms with Crippen molar-refractivity contribution in [1.29, 1.82) is 0 Å². The van der Waals surface area contributed by atoms with Gasteiger partial charge in [0.15, 0.2) is 0 Å². The lowest BCUT2D eigenvalue weighted by molar-refractivity contribution is -0.131. The molecule has 0 radical (unpaired) electrons. The molecule has 0 spiro atoms. The van der Waals surface area contributed by atoms with Gasteiger partial charge in [-0.05, 0) is 35.9 Å². The van der Waals surface area contributed by atoms with Crippen LogP contribution < -0.4 is 0 Å². The van der Waals surface area contributed by atoms with Gasteiger partial charge in [0.2, 0.25) is 0 Å². The minimum absolute atomic E-state index is 0.394. The number of hydrogen-bond donors (Lipinski definition) is 1. The normalized spacial score (nSPS) is 26.9. The first kappa shape index (κ1) is 14.8. The van der Waals surface area contributed by atoms with Crippen LogP contribution in [0.5, 0.6) is 0 Å². The fraction of sp³-hybridized carbons (Fsp3) is 0.562. The number of thiophene rings is 1. The van der Waals surface area contributed by atoms with E-state index in [2.05, 4.69) is 4.90 Å². The van der Waals surface area contributed by atoms with Gasteiger partial charge in [-0.2, -0.15) is 0 Å². The Morgan fingerprint density at radius 1 is 1.48 bits per heavy atom. The van der Waals surface area contributed by atoms with Crippen molar-refractivity contribution < 1.29 is 14.6 Å². The number of carbonyl (C=O) groups is 1. The summed E-state index contributed by atoms with van der Waals surface area (Å²) in [7, 11) is 0. The predicted molar refractivity (Wildman–Crippen MR) is 83.4 cm³/mol. The minimum atomic E-state index is -0.897. The third-order valence-electron chi connectivity index (χ3n) is 4.38. The molecule has 1 aliphatic heterocycles. The molecule has 114 valence electrons. The van der Waals surface area contributed by atoms with Crippen LogP contribution in [0.4, 0.5) is 0 Å². The van der Waals surface area contributed by atoms with Crippen LogP contribution in [0.15, 0.2) is 17.5 Å². The summed E-state index contributed by atoms with van der Waals surface area (Å²) in [6, 6.07) is 2.53. The van der Waals surface area contributed by atoms with Gasteiger partial charge in [-0.15, -0.1) is 11.3 Å². The Bertz CT molecular complexity index is 523. The number of aliphatic carboxylic acids is 1. The lowest BCUT2D eigenvalue weighted by Gasteiger charge is -2.43. The van der Waals surface area contributed by atoms with Gasteiger partial charge >= 0.3 is 5.97 Å². The van der Waals surface area contributed by atoms with Crippen LogP contribution in [0.1, 0.15) is 36.1 Å². The average molecular weight is 307 g/mol. The molecule has 1 aliphatic carbocycles. The summed E-state index contributed by atoms with van der Waals surface area (Å²) < 4.78 is 5.91. The summed E-state index contributed by atoms with van der Waals surface area (Å²) in [5, 5.41) is 10.8. The van der Waals surface area contributed by atoms with Crippen LogP contribution in [0.25, 0.3) is 6.08 Å². The van der Waals surface area contributed by atoms with Crippen LogP contribution in [0, 0.1) is 0 Å². The Balaban J connectivity index is 1.71. The van der Waals surface area contributed by atoms with Crippen molar-refractivity contribution in [2.75, 3.05) is 13.2 Å². The molecule has 2 unspecified atom stereocenters. The molecule has 1 aromatic heterocycles. The number of nitrogens with zero attached hydrogens (tertiary/aromatic N) is 1. The van der Waals surface area contributed by atoms with Gasteiger partial charge in [0, 0.05) is 30.1 Å². The van der Waals surface area contributed by atoms with Crippen molar-refractivity contribution in [2.24, 2.45) is 0 Å². The zero-order valence-corrected chi connectivity index (χ0v) is 12.8. The highest BCUT2D eigenvalue weighted by Crippen LogP contribution is 2.31. The van der Waals surface area contributed by atoms with Crippen molar-refractivity contribution in [3.63, 3.8) is 0 Å². The molecule has 0 amide bonds. The summed E-state index contributed by atoms with van der Waals surface area (Å²) in [4.78, 5) is 14.4. The van der Waals surface area contributed by atoms with Crippen LogP contribution in [0.2, 0.25) is 0 Å². The number of carboxylic acids is 1. The van der Waals surface area contributed by atoms with Crippen molar-refractivity contribution in [2.45, 2.75) is 44.4 Å². The number of hydrogen-bond acceptors (Lipinski definition) is 4. The molecule has 2 atom stereocenters.